The van der Waals surface area contributed by atoms with E-state index in [1.54, 1.807) is 36.5 Å². The van der Waals surface area contributed by atoms with Crippen LogP contribution < -0.4 is 0 Å². The molecule has 92 valence electrons. The third-order valence-corrected chi connectivity index (χ3v) is 2.78. The Bertz CT molecular complexity index is 509. The van der Waals surface area contributed by atoms with Gasteiger partial charge in [-0.25, -0.2) is 4.79 Å². The maximum absolute atomic E-state index is 12.0. The van der Waals surface area contributed by atoms with Crippen LogP contribution in [0.4, 0.5) is 4.79 Å². The summed E-state index contributed by atoms with van der Waals surface area (Å²) >= 11 is 0. The van der Waals surface area contributed by atoms with E-state index in [4.69, 9.17) is 0 Å². The minimum atomic E-state index is -0.617. The predicted molar refractivity (Wildman–Crippen MR) is 65.4 cm³/mol. The number of amides is 4. The molecule has 1 aliphatic heterocycles. The molecule has 0 N–H and O–H groups in total. The number of carbonyl (C=O) groups excluding carboxylic acids is 3. The Morgan fingerprint density at radius 3 is 1.67 bits per heavy atom. The quantitative estimate of drug-likeness (QED) is 0.472. The summed E-state index contributed by atoms with van der Waals surface area (Å²) in [6, 6.07) is -0.617. The number of likely N-dealkylation sites (N-methyl/N-ethyl adjacent to an activating group) is 2. The molecule has 18 heavy (non-hydrogen) atoms. The van der Waals surface area contributed by atoms with E-state index in [1.807, 2.05) is 0 Å². The monoisotopic (exact) mass is 244 g/mol. The van der Waals surface area contributed by atoms with Crippen LogP contribution in [0.5, 0.6) is 0 Å². The minimum absolute atomic E-state index is 0.0100. The summed E-state index contributed by atoms with van der Waals surface area (Å²) in [6.45, 7) is 0. The molecule has 0 aromatic carbocycles. The van der Waals surface area contributed by atoms with E-state index in [1.165, 1.54) is 14.1 Å². The van der Waals surface area contributed by atoms with Crippen molar-refractivity contribution in [2.75, 3.05) is 14.1 Å². The van der Waals surface area contributed by atoms with E-state index < -0.39 is 17.8 Å². The highest BCUT2D eigenvalue weighted by Crippen LogP contribution is 2.20. The largest absolute Gasteiger partial charge is 0.333 e. The molecule has 1 aliphatic carbocycles. The number of barbiturate groups is 1. The van der Waals surface area contributed by atoms with Crippen LogP contribution in [0.2, 0.25) is 0 Å². The van der Waals surface area contributed by atoms with E-state index in [0.29, 0.717) is 5.57 Å². The van der Waals surface area contributed by atoms with Crippen LogP contribution in [0.25, 0.3) is 0 Å². The van der Waals surface area contributed by atoms with Gasteiger partial charge in [-0.1, -0.05) is 36.5 Å². The van der Waals surface area contributed by atoms with Gasteiger partial charge in [0.05, 0.1) is 0 Å². The third-order valence-electron chi connectivity index (χ3n) is 2.78. The zero-order chi connectivity index (χ0) is 13.3. The van der Waals surface area contributed by atoms with Crippen molar-refractivity contribution in [1.29, 1.82) is 0 Å². The first-order chi connectivity index (χ1) is 8.54. The number of hydrogen-bond donors (Lipinski definition) is 0. The van der Waals surface area contributed by atoms with Gasteiger partial charge in [-0.3, -0.25) is 19.4 Å². The third kappa shape index (κ3) is 1.79. The van der Waals surface area contributed by atoms with Crippen molar-refractivity contribution >= 4 is 17.8 Å². The minimum Gasteiger partial charge on any atom is -0.268 e. The van der Waals surface area contributed by atoms with E-state index in [2.05, 4.69) is 0 Å². The number of imide groups is 2. The highest BCUT2D eigenvalue weighted by Gasteiger charge is 2.39. The van der Waals surface area contributed by atoms with Crippen molar-refractivity contribution in [3.8, 4) is 0 Å². The van der Waals surface area contributed by atoms with Gasteiger partial charge in [-0.05, 0) is 5.57 Å². The smallest absolute Gasteiger partial charge is 0.268 e. The zero-order valence-corrected chi connectivity index (χ0v) is 10.1. The van der Waals surface area contributed by atoms with Gasteiger partial charge < -0.3 is 0 Å². The van der Waals surface area contributed by atoms with Crippen molar-refractivity contribution in [1.82, 2.24) is 9.80 Å². The van der Waals surface area contributed by atoms with Crippen LogP contribution in [0.15, 0.2) is 47.6 Å². The van der Waals surface area contributed by atoms with Gasteiger partial charge in [0.2, 0.25) is 0 Å². The maximum Gasteiger partial charge on any atom is 0.333 e. The van der Waals surface area contributed by atoms with Gasteiger partial charge in [0.15, 0.2) is 0 Å². The van der Waals surface area contributed by atoms with Crippen LogP contribution in [-0.4, -0.2) is 41.7 Å². The molecule has 0 bridgehead atoms. The molecule has 0 spiro atoms. The second kappa shape index (κ2) is 4.44. The predicted octanol–water partition coefficient (Wildman–Crippen LogP) is 1.02. The highest BCUT2D eigenvalue weighted by molar-refractivity contribution is 6.29. The number of rotatable bonds is 0. The topological polar surface area (TPSA) is 57.7 Å². The van der Waals surface area contributed by atoms with Crippen molar-refractivity contribution < 1.29 is 14.4 Å². The lowest BCUT2D eigenvalue weighted by Crippen LogP contribution is -2.53. The average molecular weight is 244 g/mol. The summed E-state index contributed by atoms with van der Waals surface area (Å²) in [7, 11) is 2.72. The Kier molecular flexibility index (Phi) is 2.97. The molecular formula is C13H12N2O3. The van der Waals surface area contributed by atoms with Crippen molar-refractivity contribution in [2.24, 2.45) is 0 Å². The molecule has 2 aliphatic rings. The lowest BCUT2D eigenvalue weighted by Gasteiger charge is -2.29. The van der Waals surface area contributed by atoms with E-state index in [9.17, 15) is 14.4 Å². The normalized spacial score (nSPS) is 20.0. The molecule has 0 aromatic rings. The van der Waals surface area contributed by atoms with Crippen LogP contribution in [-0.2, 0) is 9.59 Å². The average Bonchev–Trinajstić information content (AvgIpc) is 2.63. The molecule has 0 aromatic heterocycles. The van der Waals surface area contributed by atoms with Crippen molar-refractivity contribution in [2.45, 2.75) is 0 Å². The second-order valence-electron chi connectivity index (χ2n) is 3.94. The number of nitrogens with zero attached hydrogens (tertiary/aromatic N) is 2. The first-order valence-corrected chi connectivity index (χ1v) is 5.40. The fourth-order valence-electron chi connectivity index (χ4n) is 1.74. The van der Waals surface area contributed by atoms with Crippen molar-refractivity contribution in [3.05, 3.63) is 47.6 Å². The Morgan fingerprint density at radius 2 is 1.22 bits per heavy atom. The Labute approximate surface area is 104 Å². The second-order valence-corrected chi connectivity index (χ2v) is 3.94. The van der Waals surface area contributed by atoms with Gasteiger partial charge in [0.25, 0.3) is 11.8 Å². The number of carbonyl (C=O) groups is 3. The fraction of sp³-hybridized carbons (Fsp3) is 0.154. The summed E-state index contributed by atoms with van der Waals surface area (Å²) in [6.07, 6.45) is 10.4. The fourth-order valence-corrected chi connectivity index (χ4v) is 1.74. The molecule has 1 fully saturated rings. The van der Waals surface area contributed by atoms with Crippen LogP contribution in [0.3, 0.4) is 0 Å². The van der Waals surface area contributed by atoms with Gasteiger partial charge >= 0.3 is 6.03 Å². The zero-order valence-electron chi connectivity index (χ0n) is 10.1. The summed E-state index contributed by atoms with van der Waals surface area (Å²) in [5, 5.41) is 0. The van der Waals surface area contributed by atoms with E-state index in [-0.39, 0.29) is 5.57 Å². The van der Waals surface area contributed by atoms with Gasteiger partial charge in [-0.2, -0.15) is 0 Å². The van der Waals surface area contributed by atoms with Crippen LogP contribution in [0.1, 0.15) is 0 Å². The molecule has 1 saturated heterocycles. The summed E-state index contributed by atoms with van der Waals surface area (Å²) < 4.78 is 0. The lowest BCUT2D eigenvalue weighted by atomic mass is 10.0. The number of allylic oxidation sites excluding steroid dienone is 7. The Balaban J connectivity index is 2.55. The molecule has 5 nitrogen and oxygen atoms in total. The molecule has 2 rings (SSSR count). The first-order valence-electron chi connectivity index (χ1n) is 5.40. The van der Waals surface area contributed by atoms with Crippen LogP contribution in [0, 0.1) is 0 Å². The Hall–Kier alpha value is -2.43. The SMILES string of the molecule is CN1C(=O)C(=C2C=CC=CC=C2)C(=O)N(C)C1=O. The molecule has 4 amide bonds. The highest BCUT2D eigenvalue weighted by atomic mass is 16.2. The maximum atomic E-state index is 12.0. The molecule has 5 heteroatoms. The van der Waals surface area contributed by atoms with Gasteiger partial charge in [-0.15, -0.1) is 0 Å². The molecule has 1 heterocycles. The van der Waals surface area contributed by atoms with Gasteiger partial charge in [0.1, 0.15) is 5.57 Å². The number of urea groups is 1. The molecule has 0 radical (unpaired) electrons. The standard InChI is InChI=1S/C13H12N2O3/c1-14-11(16)10(12(17)15(2)13(14)18)9-7-5-3-4-6-8-9/h3-8H,1-2H3. The molecular weight excluding hydrogens is 232 g/mol. The summed E-state index contributed by atoms with van der Waals surface area (Å²) in [4.78, 5) is 37.5. The van der Waals surface area contributed by atoms with Gasteiger partial charge in [0, 0.05) is 14.1 Å². The first kappa shape index (κ1) is 12.0. The molecule has 0 atom stereocenters. The van der Waals surface area contributed by atoms with E-state index in [0.717, 1.165) is 9.80 Å². The molecule has 0 saturated carbocycles. The lowest BCUT2D eigenvalue weighted by molar-refractivity contribution is -0.134. The number of hydrogen-bond acceptors (Lipinski definition) is 3. The summed E-state index contributed by atoms with van der Waals surface area (Å²) in [5.74, 6) is -1.15. The summed E-state index contributed by atoms with van der Waals surface area (Å²) in [5.41, 5.74) is 0.511. The van der Waals surface area contributed by atoms with Crippen LogP contribution >= 0.6 is 0 Å². The van der Waals surface area contributed by atoms with Crippen molar-refractivity contribution in [3.63, 3.8) is 0 Å². The van der Waals surface area contributed by atoms with E-state index >= 15 is 0 Å². The Morgan fingerprint density at radius 1 is 0.778 bits per heavy atom. The molecule has 0 unspecified atom stereocenters.